The summed E-state index contributed by atoms with van der Waals surface area (Å²) in [4.78, 5) is 0. The minimum atomic E-state index is -0.125. The average Bonchev–Trinajstić information content (AvgIpc) is 1.72. The molecule has 0 saturated carbocycles. The normalized spacial score (nSPS) is 4.86. The van der Waals surface area contributed by atoms with Gasteiger partial charge >= 0.3 is 27.3 Å². The van der Waals surface area contributed by atoms with Crippen molar-refractivity contribution in [2.75, 3.05) is 13.2 Å². The first-order valence-corrected chi connectivity index (χ1v) is 1.63. The molecule has 0 aromatic carbocycles. The quantitative estimate of drug-likeness (QED) is 0.474. The van der Waals surface area contributed by atoms with Crippen LogP contribution < -0.4 is 0 Å². The van der Waals surface area contributed by atoms with E-state index in [2.05, 4.69) is 13.2 Å². The van der Waals surface area contributed by atoms with Gasteiger partial charge in [-0.2, -0.15) is 0 Å². The van der Waals surface area contributed by atoms with E-state index in [1.165, 1.54) is 0 Å². The Kier molecular flexibility index (Phi) is 68.8. The Balaban J connectivity index is -0.0000000480. The van der Waals surface area contributed by atoms with Gasteiger partial charge in [-0.15, -0.1) is 13.2 Å². The van der Waals surface area contributed by atoms with E-state index in [1.807, 2.05) is 0 Å². The van der Waals surface area contributed by atoms with Gasteiger partial charge in [0.2, 0.25) is 0 Å². The molecule has 0 spiro atoms. The van der Waals surface area contributed by atoms with E-state index in [0.717, 1.165) is 0 Å². The van der Waals surface area contributed by atoms with Crippen LogP contribution in [0.4, 0.5) is 0 Å². The van der Waals surface area contributed by atoms with Crippen LogP contribution in [0.2, 0.25) is 0 Å². The van der Waals surface area contributed by atoms with Gasteiger partial charge in [-0.1, -0.05) is 0 Å². The Labute approximate surface area is 64.0 Å². The molecule has 0 aliphatic rings. The number of aliphatic hydroxyl groups is 2. The van der Waals surface area contributed by atoms with Gasteiger partial charge in [0.1, 0.15) is 0 Å². The summed E-state index contributed by atoms with van der Waals surface area (Å²) in [6.45, 7) is 5.75. The Hall–Kier alpha value is 0.582. The topological polar surface area (TPSA) is 40.5 Å². The summed E-state index contributed by atoms with van der Waals surface area (Å²) in [5.41, 5.74) is 0. The van der Waals surface area contributed by atoms with Crippen molar-refractivity contribution in [3.8, 4) is 0 Å². The van der Waals surface area contributed by atoms with Crippen LogP contribution in [0.1, 0.15) is 0 Å². The molecule has 2 radical (unpaired) electrons. The molecule has 44 valence electrons. The second-order valence-electron chi connectivity index (χ2n) is 0.447. The van der Waals surface area contributed by atoms with Crippen molar-refractivity contribution in [2.24, 2.45) is 0 Å². The summed E-state index contributed by atoms with van der Waals surface area (Å²) < 4.78 is 0. The molecule has 0 aliphatic carbocycles. The summed E-state index contributed by atoms with van der Waals surface area (Å²) in [5, 5.41) is 15.2. The number of hydrogen-bond donors (Lipinski definition) is 2. The predicted octanol–water partition coefficient (Wildman–Crippen LogP) is -1.14. The van der Waals surface area contributed by atoms with Gasteiger partial charge in [0.25, 0.3) is 0 Å². The standard InChI is InChI=1S/C2H6O2.C2H4.Pb.2H/c3-1-2-4;1-2;;;/h3-4H,1-2H2;1-2H2;;;. The SMILES string of the molecule is C=C.OCCO.[PbH2]. The monoisotopic (exact) mass is 300 g/mol. The molecule has 0 amide bonds. The van der Waals surface area contributed by atoms with Crippen molar-refractivity contribution >= 4 is 27.3 Å². The van der Waals surface area contributed by atoms with E-state index in [4.69, 9.17) is 10.2 Å². The fourth-order valence-electron chi connectivity index (χ4n) is 0. The van der Waals surface area contributed by atoms with Crippen molar-refractivity contribution in [2.45, 2.75) is 0 Å². The number of aliphatic hydroxyl groups excluding tert-OH is 2. The molecule has 2 nitrogen and oxygen atoms in total. The van der Waals surface area contributed by atoms with Gasteiger partial charge in [0.15, 0.2) is 0 Å². The molecule has 0 saturated heterocycles. The Morgan fingerprint density at radius 1 is 1.00 bits per heavy atom. The average molecular weight is 299 g/mol. The summed E-state index contributed by atoms with van der Waals surface area (Å²) >= 11 is 0. The third-order valence-corrected chi connectivity index (χ3v) is 0.1000. The predicted molar refractivity (Wildman–Crippen MR) is 34.0 cm³/mol. The Morgan fingerprint density at radius 2 is 1.14 bits per heavy atom. The molecule has 0 unspecified atom stereocenters. The number of hydrogen-bond acceptors (Lipinski definition) is 2. The van der Waals surface area contributed by atoms with Gasteiger partial charge in [-0.3, -0.25) is 0 Å². The molecule has 0 fully saturated rings. The van der Waals surface area contributed by atoms with Crippen LogP contribution in [0.3, 0.4) is 0 Å². The van der Waals surface area contributed by atoms with Gasteiger partial charge in [0, 0.05) is 0 Å². The summed E-state index contributed by atoms with van der Waals surface area (Å²) in [5.74, 6) is 0. The van der Waals surface area contributed by atoms with Crippen molar-refractivity contribution in [1.82, 2.24) is 0 Å². The summed E-state index contributed by atoms with van der Waals surface area (Å²) in [6, 6.07) is 0. The fourth-order valence-corrected chi connectivity index (χ4v) is 0. The van der Waals surface area contributed by atoms with Crippen LogP contribution in [-0.2, 0) is 0 Å². The molecule has 0 aromatic heterocycles. The van der Waals surface area contributed by atoms with E-state index >= 15 is 0 Å². The van der Waals surface area contributed by atoms with E-state index in [0.29, 0.717) is 0 Å². The molecule has 0 rings (SSSR count). The molecule has 3 heteroatoms. The maximum atomic E-state index is 7.62. The zero-order valence-electron chi connectivity index (χ0n) is 4.43. The maximum absolute atomic E-state index is 7.62. The second kappa shape index (κ2) is 30.8. The molecule has 0 aliphatic heterocycles. The van der Waals surface area contributed by atoms with E-state index in [1.54, 1.807) is 0 Å². The van der Waals surface area contributed by atoms with Crippen molar-refractivity contribution in [3.63, 3.8) is 0 Å². The first-order chi connectivity index (χ1) is 2.91. The molecule has 0 aromatic rings. The summed E-state index contributed by atoms with van der Waals surface area (Å²) in [7, 11) is 0. The third-order valence-electron chi connectivity index (χ3n) is 0.1000. The van der Waals surface area contributed by atoms with Crippen LogP contribution >= 0.6 is 0 Å². The fraction of sp³-hybridized carbons (Fsp3) is 0.500. The first-order valence-electron chi connectivity index (χ1n) is 1.63. The third kappa shape index (κ3) is 55.2. The molecule has 0 heterocycles. The van der Waals surface area contributed by atoms with Gasteiger partial charge < -0.3 is 10.2 Å². The molecular weight excluding hydrogens is 287 g/mol. The van der Waals surface area contributed by atoms with Crippen LogP contribution in [0, 0.1) is 0 Å². The molecular formula is C4H12O2Pb. The zero-order chi connectivity index (χ0) is 5.41. The van der Waals surface area contributed by atoms with Gasteiger partial charge in [-0.25, -0.2) is 0 Å². The van der Waals surface area contributed by atoms with Crippen LogP contribution in [0.25, 0.3) is 0 Å². The van der Waals surface area contributed by atoms with Gasteiger partial charge in [-0.05, 0) is 0 Å². The molecule has 0 atom stereocenters. The van der Waals surface area contributed by atoms with E-state index in [9.17, 15) is 0 Å². The minimum absolute atomic E-state index is 0. The Bertz CT molecular complexity index is 17.2. The van der Waals surface area contributed by atoms with E-state index in [-0.39, 0.29) is 40.5 Å². The zero-order valence-corrected chi connectivity index (χ0v) is 9.93. The van der Waals surface area contributed by atoms with Crippen LogP contribution in [0.15, 0.2) is 13.2 Å². The van der Waals surface area contributed by atoms with Crippen molar-refractivity contribution in [3.05, 3.63) is 13.2 Å². The van der Waals surface area contributed by atoms with Gasteiger partial charge in [0.05, 0.1) is 13.2 Å². The Morgan fingerprint density at radius 3 is 1.14 bits per heavy atom. The summed E-state index contributed by atoms with van der Waals surface area (Å²) in [6.07, 6.45) is 0. The molecule has 2 N–H and O–H groups in total. The van der Waals surface area contributed by atoms with Crippen LogP contribution in [0.5, 0.6) is 0 Å². The first kappa shape index (κ1) is 15.6. The second-order valence-corrected chi connectivity index (χ2v) is 0.447. The molecule has 0 bridgehead atoms. The van der Waals surface area contributed by atoms with Crippen molar-refractivity contribution in [1.29, 1.82) is 0 Å². The van der Waals surface area contributed by atoms with Crippen molar-refractivity contribution < 1.29 is 10.2 Å². The number of rotatable bonds is 1. The van der Waals surface area contributed by atoms with Crippen LogP contribution in [-0.4, -0.2) is 50.7 Å². The van der Waals surface area contributed by atoms with E-state index < -0.39 is 0 Å². The molecule has 7 heavy (non-hydrogen) atoms.